The fourth-order valence-corrected chi connectivity index (χ4v) is 2.93. The van der Waals surface area contributed by atoms with Crippen LogP contribution in [0.15, 0.2) is 52.1 Å². The zero-order valence-corrected chi connectivity index (χ0v) is 14.9. The first-order chi connectivity index (χ1) is 13.0. The Labute approximate surface area is 155 Å². The highest BCUT2D eigenvalue weighted by Gasteiger charge is 2.42. The summed E-state index contributed by atoms with van der Waals surface area (Å²) in [5.41, 5.74) is 0.554. The fourth-order valence-electron chi connectivity index (χ4n) is 2.93. The van der Waals surface area contributed by atoms with Gasteiger partial charge in [-0.05, 0) is 37.1 Å². The van der Waals surface area contributed by atoms with Crippen LogP contribution in [0.5, 0.6) is 5.75 Å². The molecule has 1 aliphatic carbocycles. The van der Waals surface area contributed by atoms with Crippen molar-refractivity contribution in [2.24, 2.45) is 4.99 Å². The van der Waals surface area contributed by atoms with E-state index in [4.69, 9.17) is 4.42 Å². The lowest BCUT2D eigenvalue weighted by Gasteiger charge is -2.14. The molecule has 0 bridgehead atoms. The Bertz CT molecular complexity index is 760. The second kappa shape index (κ2) is 8.37. The van der Waals surface area contributed by atoms with Crippen LogP contribution in [0.1, 0.15) is 30.6 Å². The average Bonchev–Trinajstić information content (AvgIpc) is 3.15. The Balaban J connectivity index is 1.60. The largest absolute Gasteiger partial charge is 0.573 e. The van der Waals surface area contributed by atoms with E-state index in [0.29, 0.717) is 31.0 Å². The van der Waals surface area contributed by atoms with E-state index in [1.54, 1.807) is 18.4 Å². The van der Waals surface area contributed by atoms with Gasteiger partial charge < -0.3 is 19.8 Å². The van der Waals surface area contributed by atoms with E-state index in [-0.39, 0.29) is 17.7 Å². The van der Waals surface area contributed by atoms with Crippen LogP contribution in [0.4, 0.5) is 13.2 Å². The molecular weight excluding hydrogens is 359 g/mol. The summed E-state index contributed by atoms with van der Waals surface area (Å²) in [6.07, 6.45) is -1.67. The smallest absolute Gasteiger partial charge is 0.469 e. The zero-order chi connectivity index (χ0) is 19.3. The molecule has 2 atom stereocenters. The van der Waals surface area contributed by atoms with E-state index >= 15 is 0 Å². The van der Waals surface area contributed by atoms with Gasteiger partial charge in [0.25, 0.3) is 0 Å². The second-order valence-corrected chi connectivity index (χ2v) is 6.27. The van der Waals surface area contributed by atoms with Gasteiger partial charge >= 0.3 is 6.36 Å². The van der Waals surface area contributed by atoms with Gasteiger partial charge in [0.2, 0.25) is 0 Å². The number of nitrogens with zero attached hydrogens (tertiary/aromatic N) is 1. The molecule has 0 amide bonds. The molecular formula is C19H22F3N3O2. The van der Waals surface area contributed by atoms with Crippen LogP contribution >= 0.6 is 0 Å². The predicted octanol–water partition coefficient (Wildman–Crippen LogP) is 3.83. The van der Waals surface area contributed by atoms with Gasteiger partial charge in [0.1, 0.15) is 11.5 Å². The quantitative estimate of drug-likeness (QED) is 0.565. The molecule has 1 fully saturated rings. The maximum Gasteiger partial charge on any atom is 0.573 e. The van der Waals surface area contributed by atoms with Gasteiger partial charge in [0.15, 0.2) is 5.96 Å². The molecule has 5 nitrogen and oxygen atoms in total. The predicted molar refractivity (Wildman–Crippen MR) is 95.8 cm³/mol. The maximum absolute atomic E-state index is 12.6. The minimum Gasteiger partial charge on any atom is -0.469 e. The number of para-hydroxylation sites is 1. The Morgan fingerprint density at radius 2 is 2.07 bits per heavy atom. The van der Waals surface area contributed by atoms with Gasteiger partial charge in [-0.15, -0.1) is 13.2 Å². The van der Waals surface area contributed by atoms with Crippen molar-refractivity contribution in [1.82, 2.24) is 10.6 Å². The molecule has 1 saturated carbocycles. The van der Waals surface area contributed by atoms with Gasteiger partial charge in [0, 0.05) is 31.5 Å². The standard InChI is InChI=1S/C19H22F3N3O2/c1-2-23-18(24-10-9-13-6-5-11-26-13)25-16-12-15(16)14-7-3-4-8-17(14)27-19(20,21)22/h3-8,11,15-16H,2,9-10,12H2,1H3,(H2,23,24,25). The number of halogens is 3. The number of nitrogens with one attached hydrogen (secondary N) is 2. The molecule has 2 N–H and O–H groups in total. The highest BCUT2D eigenvalue weighted by Crippen LogP contribution is 2.45. The number of ether oxygens (including phenoxy) is 1. The van der Waals surface area contributed by atoms with Gasteiger partial charge in [-0.1, -0.05) is 18.2 Å². The normalized spacial score (nSPS) is 19.6. The molecule has 0 spiro atoms. The van der Waals surface area contributed by atoms with Crippen molar-refractivity contribution in [3.8, 4) is 5.75 Å². The molecule has 0 saturated heterocycles. The fraction of sp³-hybridized carbons (Fsp3) is 0.421. The summed E-state index contributed by atoms with van der Waals surface area (Å²) in [6.45, 7) is 3.20. The molecule has 1 heterocycles. The topological polar surface area (TPSA) is 58.8 Å². The van der Waals surface area contributed by atoms with E-state index in [9.17, 15) is 13.2 Å². The van der Waals surface area contributed by atoms with Crippen LogP contribution in [-0.4, -0.2) is 31.5 Å². The molecule has 2 unspecified atom stereocenters. The summed E-state index contributed by atoms with van der Waals surface area (Å²) < 4.78 is 47.2. The van der Waals surface area contributed by atoms with Gasteiger partial charge in [-0.25, -0.2) is 0 Å². The first-order valence-corrected chi connectivity index (χ1v) is 8.88. The summed E-state index contributed by atoms with van der Waals surface area (Å²) in [4.78, 5) is 4.50. The van der Waals surface area contributed by atoms with Crippen molar-refractivity contribution >= 4 is 5.96 Å². The van der Waals surface area contributed by atoms with Crippen LogP contribution < -0.4 is 15.4 Å². The Morgan fingerprint density at radius 1 is 1.26 bits per heavy atom. The second-order valence-electron chi connectivity index (χ2n) is 6.27. The number of benzene rings is 1. The monoisotopic (exact) mass is 381 g/mol. The summed E-state index contributed by atoms with van der Waals surface area (Å²) in [5.74, 6) is 1.32. The van der Waals surface area contributed by atoms with Crippen molar-refractivity contribution in [2.45, 2.75) is 38.1 Å². The number of hydrogen-bond donors (Lipinski definition) is 2. The molecule has 0 radical (unpaired) electrons. The lowest BCUT2D eigenvalue weighted by Crippen LogP contribution is -2.39. The van der Waals surface area contributed by atoms with Crippen molar-refractivity contribution < 1.29 is 22.3 Å². The average molecular weight is 381 g/mol. The van der Waals surface area contributed by atoms with E-state index in [2.05, 4.69) is 20.4 Å². The van der Waals surface area contributed by atoms with Gasteiger partial charge in [-0.3, -0.25) is 4.99 Å². The molecule has 2 aromatic rings. The molecule has 0 aliphatic heterocycles. The van der Waals surface area contributed by atoms with Crippen LogP contribution in [0, 0.1) is 0 Å². The minimum atomic E-state index is -4.70. The van der Waals surface area contributed by atoms with E-state index in [1.807, 2.05) is 19.1 Å². The van der Waals surface area contributed by atoms with Gasteiger partial charge in [-0.2, -0.15) is 0 Å². The van der Waals surface area contributed by atoms with Crippen LogP contribution in [0.2, 0.25) is 0 Å². The van der Waals surface area contributed by atoms with E-state index in [1.165, 1.54) is 12.1 Å². The third-order valence-corrected chi connectivity index (χ3v) is 4.21. The van der Waals surface area contributed by atoms with Crippen LogP contribution in [0.25, 0.3) is 0 Å². The first-order valence-electron chi connectivity index (χ1n) is 8.88. The Hall–Kier alpha value is -2.64. The third kappa shape index (κ3) is 5.67. The Morgan fingerprint density at radius 3 is 2.78 bits per heavy atom. The summed E-state index contributed by atoms with van der Waals surface area (Å²) in [5, 5.41) is 6.44. The molecule has 1 aromatic heterocycles. The molecule has 1 aliphatic rings. The zero-order valence-electron chi connectivity index (χ0n) is 14.9. The van der Waals surface area contributed by atoms with Crippen molar-refractivity contribution in [1.29, 1.82) is 0 Å². The minimum absolute atomic E-state index is 0.0180. The highest BCUT2D eigenvalue weighted by molar-refractivity contribution is 5.80. The number of hydrogen-bond acceptors (Lipinski definition) is 3. The number of rotatable bonds is 7. The van der Waals surface area contributed by atoms with E-state index in [0.717, 1.165) is 12.2 Å². The van der Waals surface area contributed by atoms with Crippen molar-refractivity contribution in [3.05, 3.63) is 54.0 Å². The molecule has 8 heteroatoms. The molecule has 146 valence electrons. The Kier molecular flexibility index (Phi) is 5.93. The summed E-state index contributed by atoms with van der Waals surface area (Å²) >= 11 is 0. The summed E-state index contributed by atoms with van der Waals surface area (Å²) in [7, 11) is 0. The lowest BCUT2D eigenvalue weighted by molar-refractivity contribution is -0.274. The number of aliphatic imine (C=N–C) groups is 1. The van der Waals surface area contributed by atoms with E-state index < -0.39 is 6.36 Å². The highest BCUT2D eigenvalue weighted by atomic mass is 19.4. The maximum atomic E-state index is 12.6. The number of furan rings is 1. The number of guanidine groups is 1. The van der Waals surface area contributed by atoms with Crippen LogP contribution in [-0.2, 0) is 6.42 Å². The lowest BCUT2D eigenvalue weighted by atomic mass is 10.1. The van der Waals surface area contributed by atoms with Crippen molar-refractivity contribution in [3.63, 3.8) is 0 Å². The molecule has 1 aromatic carbocycles. The summed E-state index contributed by atoms with van der Waals surface area (Å²) in [6, 6.07) is 10.0. The molecule has 3 rings (SSSR count). The first kappa shape index (κ1) is 19.1. The SMILES string of the molecule is CCNC(=NCCc1ccco1)NC1CC1c1ccccc1OC(F)(F)F. The van der Waals surface area contributed by atoms with Gasteiger partial charge in [0.05, 0.1) is 6.26 Å². The number of alkyl halides is 3. The van der Waals surface area contributed by atoms with Crippen molar-refractivity contribution in [2.75, 3.05) is 13.1 Å². The third-order valence-electron chi connectivity index (χ3n) is 4.21. The van der Waals surface area contributed by atoms with Crippen LogP contribution in [0.3, 0.4) is 0 Å². The molecule has 27 heavy (non-hydrogen) atoms.